The number of carbonyl (C=O) groups is 1. The molecule has 1 aromatic carbocycles. The molecule has 0 N–H and O–H groups in total. The average molecular weight is 278 g/mol. The highest BCUT2D eigenvalue weighted by Gasteiger charge is 2.16. The molecule has 0 radical (unpaired) electrons. The molecule has 0 aliphatic rings. The van der Waals surface area contributed by atoms with E-state index in [9.17, 15) is 9.18 Å². The van der Waals surface area contributed by atoms with Crippen molar-refractivity contribution in [2.75, 3.05) is 19.0 Å². The summed E-state index contributed by atoms with van der Waals surface area (Å²) in [5.41, 5.74) is 0.324. The second-order valence-corrected chi connectivity index (χ2v) is 4.34. The molecule has 0 aliphatic heterocycles. The highest BCUT2D eigenvalue weighted by atomic mass is 35.5. The molecule has 0 atom stereocenters. The van der Waals surface area contributed by atoms with Gasteiger partial charge in [0.15, 0.2) is 0 Å². The van der Waals surface area contributed by atoms with Crippen LogP contribution in [0.4, 0.5) is 4.39 Å². The number of carbonyl (C=O) groups excluding carboxylic acids is 1. The molecular formula is C12H14Cl2FNO. The van der Waals surface area contributed by atoms with Crippen molar-refractivity contribution in [3.05, 3.63) is 34.6 Å². The molecule has 0 saturated heterocycles. The van der Waals surface area contributed by atoms with Crippen molar-refractivity contribution < 1.29 is 9.18 Å². The van der Waals surface area contributed by atoms with E-state index in [1.165, 1.54) is 12.1 Å². The summed E-state index contributed by atoms with van der Waals surface area (Å²) < 4.78 is 12.9. The van der Waals surface area contributed by atoms with Crippen molar-refractivity contribution in [2.24, 2.45) is 0 Å². The Morgan fingerprint density at radius 3 is 2.71 bits per heavy atom. The molecular weight excluding hydrogens is 264 g/mol. The molecule has 0 spiro atoms. The van der Waals surface area contributed by atoms with Gasteiger partial charge in [-0.05, 0) is 31.5 Å². The molecule has 0 aliphatic carbocycles. The fourth-order valence-electron chi connectivity index (χ4n) is 1.49. The Morgan fingerprint density at radius 2 is 2.18 bits per heavy atom. The molecule has 1 amide bonds. The van der Waals surface area contributed by atoms with E-state index < -0.39 is 5.82 Å². The second-order valence-electron chi connectivity index (χ2n) is 3.55. The summed E-state index contributed by atoms with van der Waals surface area (Å²) in [6.45, 7) is 3.03. The van der Waals surface area contributed by atoms with E-state index in [4.69, 9.17) is 23.2 Å². The minimum absolute atomic E-state index is 0.138. The number of halogens is 3. The number of nitrogens with zero attached hydrogens (tertiary/aromatic N) is 1. The maximum Gasteiger partial charge on any atom is 0.255 e. The molecule has 0 aromatic heterocycles. The molecule has 17 heavy (non-hydrogen) atoms. The van der Waals surface area contributed by atoms with Gasteiger partial charge in [0.05, 0.1) is 10.6 Å². The Morgan fingerprint density at radius 1 is 1.47 bits per heavy atom. The zero-order valence-corrected chi connectivity index (χ0v) is 11.1. The molecule has 0 fully saturated rings. The van der Waals surface area contributed by atoms with Crippen LogP contribution in [0.5, 0.6) is 0 Å². The van der Waals surface area contributed by atoms with E-state index in [1.54, 1.807) is 4.90 Å². The van der Waals surface area contributed by atoms with Gasteiger partial charge in [0, 0.05) is 19.0 Å². The molecule has 5 heteroatoms. The molecule has 0 bridgehead atoms. The topological polar surface area (TPSA) is 20.3 Å². The predicted octanol–water partition coefficient (Wildman–Crippen LogP) is 3.57. The van der Waals surface area contributed by atoms with Crippen LogP contribution in [-0.2, 0) is 0 Å². The Balaban J connectivity index is 2.86. The Bertz CT molecular complexity index is 398. The Labute approximate surface area is 110 Å². The first kappa shape index (κ1) is 14.3. The lowest BCUT2D eigenvalue weighted by Crippen LogP contribution is -2.32. The third-order valence-electron chi connectivity index (χ3n) is 2.39. The first-order valence-electron chi connectivity index (χ1n) is 5.40. The maximum atomic E-state index is 12.9. The molecule has 0 heterocycles. The van der Waals surface area contributed by atoms with E-state index in [-0.39, 0.29) is 10.9 Å². The predicted molar refractivity (Wildman–Crippen MR) is 68.3 cm³/mol. The van der Waals surface area contributed by atoms with Gasteiger partial charge in [0.1, 0.15) is 5.82 Å². The van der Waals surface area contributed by atoms with Crippen LogP contribution in [0.3, 0.4) is 0 Å². The van der Waals surface area contributed by atoms with Gasteiger partial charge in [-0.25, -0.2) is 4.39 Å². The zero-order chi connectivity index (χ0) is 12.8. The van der Waals surface area contributed by atoms with Crippen LogP contribution in [0.15, 0.2) is 18.2 Å². The molecule has 1 rings (SSSR count). The van der Waals surface area contributed by atoms with E-state index in [1.807, 2.05) is 6.92 Å². The quantitative estimate of drug-likeness (QED) is 0.754. The van der Waals surface area contributed by atoms with Crippen molar-refractivity contribution in [1.29, 1.82) is 0 Å². The summed E-state index contributed by atoms with van der Waals surface area (Å²) in [5.74, 6) is -0.140. The smallest absolute Gasteiger partial charge is 0.255 e. The third kappa shape index (κ3) is 3.86. The molecule has 1 aromatic rings. The Hall–Kier alpha value is -0.800. The summed E-state index contributed by atoms with van der Waals surface area (Å²) >= 11 is 11.4. The van der Waals surface area contributed by atoms with Crippen molar-refractivity contribution in [2.45, 2.75) is 13.3 Å². The minimum Gasteiger partial charge on any atom is -0.339 e. The maximum absolute atomic E-state index is 12.9. The van der Waals surface area contributed by atoms with Crippen LogP contribution in [0.25, 0.3) is 0 Å². The fourth-order valence-corrected chi connectivity index (χ4v) is 1.85. The lowest BCUT2D eigenvalue weighted by atomic mass is 10.2. The first-order chi connectivity index (χ1) is 8.10. The standard InChI is InChI=1S/C12H14Cl2FNO/c1-2-16(7-3-6-13)12(17)10-5-4-9(15)8-11(10)14/h4-5,8H,2-3,6-7H2,1H3. The van der Waals surface area contributed by atoms with Gasteiger partial charge in [-0.3, -0.25) is 4.79 Å². The fraction of sp³-hybridized carbons (Fsp3) is 0.417. The number of rotatable bonds is 5. The van der Waals surface area contributed by atoms with Crippen LogP contribution in [-0.4, -0.2) is 29.8 Å². The normalized spacial score (nSPS) is 10.4. The van der Waals surface area contributed by atoms with Crippen LogP contribution >= 0.6 is 23.2 Å². The van der Waals surface area contributed by atoms with Crippen molar-refractivity contribution in [3.63, 3.8) is 0 Å². The van der Waals surface area contributed by atoms with E-state index in [2.05, 4.69) is 0 Å². The number of hydrogen-bond acceptors (Lipinski definition) is 1. The van der Waals surface area contributed by atoms with Crippen LogP contribution < -0.4 is 0 Å². The van der Waals surface area contributed by atoms with Gasteiger partial charge in [-0.1, -0.05) is 11.6 Å². The molecule has 2 nitrogen and oxygen atoms in total. The van der Waals surface area contributed by atoms with Crippen LogP contribution in [0.2, 0.25) is 5.02 Å². The average Bonchev–Trinajstić information content (AvgIpc) is 2.29. The van der Waals surface area contributed by atoms with Crippen molar-refractivity contribution >= 4 is 29.1 Å². The highest BCUT2D eigenvalue weighted by molar-refractivity contribution is 6.33. The summed E-state index contributed by atoms with van der Waals surface area (Å²) in [6, 6.07) is 3.78. The largest absolute Gasteiger partial charge is 0.339 e. The van der Waals surface area contributed by atoms with Crippen LogP contribution in [0.1, 0.15) is 23.7 Å². The monoisotopic (exact) mass is 277 g/mol. The highest BCUT2D eigenvalue weighted by Crippen LogP contribution is 2.19. The van der Waals surface area contributed by atoms with Gasteiger partial charge in [0.2, 0.25) is 0 Å². The van der Waals surface area contributed by atoms with Gasteiger partial charge in [-0.15, -0.1) is 11.6 Å². The van der Waals surface area contributed by atoms with Gasteiger partial charge in [0.25, 0.3) is 5.91 Å². The lowest BCUT2D eigenvalue weighted by molar-refractivity contribution is 0.0765. The zero-order valence-electron chi connectivity index (χ0n) is 9.55. The number of amides is 1. The summed E-state index contributed by atoms with van der Waals surface area (Å²) in [7, 11) is 0. The van der Waals surface area contributed by atoms with Crippen molar-refractivity contribution in [3.8, 4) is 0 Å². The number of hydrogen-bond donors (Lipinski definition) is 0. The summed E-state index contributed by atoms with van der Waals surface area (Å²) in [4.78, 5) is 13.7. The number of alkyl halides is 1. The Kier molecular flexibility index (Phi) is 5.72. The molecule has 94 valence electrons. The lowest BCUT2D eigenvalue weighted by Gasteiger charge is -2.20. The second kappa shape index (κ2) is 6.82. The van der Waals surface area contributed by atoms with Crippen molar-refractivity contribution in [1.82, 2.24) is 4.90 Å². The summed E-state index contributed by atoms with van der Waals surface area (Å²) in [5, 5.41) is 0.138. The van der Waals surface area contributed by atoms with Gasteiger partial charge < -0.3 is 4.90 Å². The van der Waals surface area contributed by atoms with E-state index in [0.717, 1.165) is 12.5 Å². The summed E-state index contributed by atoms with van der Waals surface area (Å²) in [6.07, 6.45) is 0.722. The number of benzene rings is 1. The SMILES string of the molecule is CCN(CCCCl)C(=O)c1ccc(F)cc1Cl. The van der Waals surface area contributed by atoms with Gasteiger partial charge in [-0.2, -0.15) is 0 Å². The third-order valence-corrected chi connectivity index (χ3v) is 2.97. The van der Waals surface area contributed by atoms with Crippen LogP contribution in [0, 0.1) is 5.82 Å². The van der Waals surface area contributed by atoms with E-state index in [0.29, 0.717) is 24.5 Å². The van der Waals surface area contributed by atoms with Gasteiger partial charge >= 0.3 is 0 Å². The first-order valence-corrected chi connectivity index (χ1v) is 6.31. The molecule has 0 saturated carbocycles. The van der Waals surface area contributed by atoms with E-state index >= 15 is 0 Å². The minimum atomic E-state index is -0.449. The molecule has 0 unspecified atom stereocenters.